The number of non-ortho nitro benzene ring substituents is 1. The van der Waals surface area contributed by atoms with Crippen molar-refractivity contribution >= 4 is 34.6 Å². The fourth-order valence-corrected chi connectivity index (χ4v) is 4.70. The van der Waals surface area contributed by atoms with Gasteiger partial charge < -0.3 is 10.2 Å². The fourth-order valence-electron chi connectivity index (χ4n) is 4.70. The van der Waals surface area contributed by atoms with E-state index >= 15 is 0 Å². The van der Waals surface area contributed by atoms with Crippen molar-refractivity contribution < 1.29 is 9.72 Å². The topological polar surface area (TPSA) is 106 Å². The number of fused-ring (bicyclic) bond motifs is 4. The monoisotopic (exact) mass is 464 g/mol. The molecular formula is C26H20N6O3. The van der Waals surface area contributed by atoms with Gasteiger partial charge in [-0.05, 0) is 43.7 Å². The van der Waals surface area contributed by atoms with Gasteiger partial charge in [0.25, 0.3) is 11.6 Å². The zero-order valence-electron chi connectivity index (χ0n) is 19.0. The lowest BCUT2D eigenvalue weighted by molar-refractivity contribution is -0.384. The Labute approximate surface area is 200 Å². The van der Waals surface area contributed by atoms with Crippen LogP contribution in [-0.2, 0) is 4.79 Å². The summed E-state index contributed by atoms with van der Waals surface area (Å²) < 4.78 is 1.65. The molecule has 0 spiro atoms. The molecule has 2 aliphatic heterocycles. The van der Waals surface area contributed by atoms with Crippen molar-refractivity contribution in [3.8, 4) is 5.69 Å². The zero-order chi connectivity index (χ0) is 24.3. The number of hydrogen-bond donors (Lipinski definition) is 1. The molecule has 6 rings (SSSR count). The van der Waals surface area contributed by atoms with Gasteiger partial charge in [-0.3, -0.25) is 14.9 Å². The van der Waals surface area contributed by atoms with Crippen molar-refractivity contribution in [2.75, 3.05) is 10.2 Å². The van der Waals surface area contributed by atoms with Crippen LogP contribution in [0.4, 0.5) is 22.9 Å². The Kier molecular flexibility index (Phi) is 4.53. The second-order valence-electron chi connectivity index (χ2n) is 8.60. The maximum absolute atomic E-state index is 13.2. The molecule has 3 heterocycles. The van der Waals surface area contributed by atoms with E-state index in [9.17, 15) is 14.9 Å². The number of anilines is 2. The molecule has 1 N–H and O–H groups in total. The highest BCUT2D eigenvalue weighted by Gasteiger charge is 2.42. The first-order valence-corrected chi connectivity index (χ1v) is 11.1. The number of nitro groups is 1. The Hall–Kier alpha value is -4.79. The van der Waals surface area contributed by atoms with E-state index in [1.807, 2.05) is 55.1 Å². The minimum absolute atomic E-state index is 0.00946. The number of nitrogens with zero attached hydrogens (tertiary/aromatic N) is 5. The van der Waals surface area contributed by atoms with Crippen LogP contribution < -0.4 is 10.2 Å². The van der Waals surface area contributed by atoms with Gasteiger partial charge >= 0.3 is 0 Å². The summed E-state index contributed by atoms with van der Waals surface area (Å²) in [6, 6.07) is 21.7. The highest BCUT2D eigenvalue weighted by atomic mass is 16.6. The molecule has 0 bridgehead atoms. The molecule has 0 fully saturated rings. The molecule has 1 amide bonds. The predicted octanol–water partition coefficient (Wildman–Crippen LogP) is 4.99. The number of carbonyl (C=O) groups is 1. The number of nitro benzene ring substituents is 1. The van der Waals surface area contributed by atoms with Gasteiger partial charge in [0.15, 0.2) is 5.82 Å². The van der Waals surface area contributed by atoms with E-state index in [2.05, 4.69) is 17.4 Å². The van der Waals surface area contributed by atoms with Crippen molar-refractivity contribution in [2.24, 2.45) is 4.99 Å². The van der Waals surface area contributed by atoms with Crippen LogP contribution in [0.25, 0.3) is 5.69 Å². The average molecular weight is 464 g/mol. The molecule has 0 aliphatic carbocycles. The van der Waals surface area contributed by atoms with Crippen LogP contribution in [0.2, 0.25) is 0 Å². The fraction of sp³-hybridized carbons (Fsp3) is 0.115. The molecule has 0 saturated heterocycles. The maximum atomic E-state index is 13.2. The molecular weight excluding hydrogens is 444 g/mol. The Morgan fingerprint density at radius 1 is 0.971 bits per heavy atom. The Morgan fingerprint density at radius 2 is 1.69 bits per heavy atom. The lowest BCUT2D eigenvalue weighted by Crippen LogP contribution is -2.48. The summed E-state index contributed by atoms with van der Waals surface area (Å²) in [4.78, 5) is 30.7. The number of para-hydroxylation sites is 2. The summed E-state index contributed by atoms with van der Waals surface area (Å²) in [6.45, 7) is 3.95. The first-order chi connectivity index (χ1) is 16.9. The van der Waals surface area contributed by atoms with E-state index in [-0.39, 0.29) is 23.5 Å². The maximum Gasteiger partial charge on any atom is 0.291 e. The first-order valence-electron chi connectivity index (χ1n) is 11.1. The van der Waals surface area contributed by atoms with Gasteiger partial charge in [-0.15, -0.1) is 0 Å². The van der Waals surface area contributed by atoms with Crippen molar-refractivity contribution in [2.45, 2.75) is 19.9 Å². The number of carbonyl (C=O) groups excluding carboxylic acids is 1. The molecule has 4 aromatic rings. The van der Waals surface area contributed by atoms with E-state index in [1.54, 1.807) is 16.8 Å². The number of nitrogens with one attached hydrogen (secondary N) is 1. The number of aryl methyl sites for hydroxylation is 2. The lowest BCUT2D eigenvalue weighted by Gasteiger charge is -2.40. The second kappa shape index (κ2) is 7.63. The number of rotatable bonds is 3. The zero-order valence-corrected chi connectivity index (χ0v) is 19.0. The summed E-state index contributed by atoms with van der Waals surface area (Å²) in [7, 11) is 0. The summed E-state index contributed by atoms with van der Waals surface area (Å²) >= 11 is 0. The van der Waals surface area contributed by atoms with Crippen molar-refractivity contribution in [1.82, 2.24) is 9.78 Å². The third-order valence-electron chi connectivity index (χ3n) is 6.37. The van der Waals surface area contributed by atoms with Gasteiger partial charge in [0.1, 0.15) is 0 Å². The summed E-state index contributed by atoms with van der Waals surface area (Å²) in [6.07, 6.45) is 0. The Bertz CT molecular complexity index is 1540. The Balaban J connectivity index is 1.61. The largest absolute Gasteiger partial charge is 0.317 e. The molecule has 9 heteroatoms. The number of benzene rings is 3. The van der Waals surface area contributed by atoms with Crippen LogP contribution in [0.5, 0.6) is 0 Å². The average Bonchev–Trinajstić information content (AvgIpc) is 3.20. The third kappa shape index (κ3) is 3.20. The van der Waals surface area contributed by atoms with Gasteiger partial charge in [-0.25, -0.2) is 9.67 Å². The van der Waals surface area contributed by atoms with Gasteiger partial charge in [0.05, 0.1) is 33.7 Å². The SMILES string of the molecule is Cc1ccc([C@@H]2c3c(C)nn(-c4ccc([N+](=O)[O-])cc4)c3N=C3C(=O)Nc4ccccc4N32)cc1. The summed E-state index contributed by atoms with van der Waals surface area (Å²) in [5.41, 5.74) is 5.95. The summed E-state index contributed by atoms with van der Waals surface area (Å²) in [5, 5.41) is 18.8. The number of amidine groups is 1. The highest BCUT2D eigenvalue weighted by molar-refractivity contribution is 6.50. The molecule has 35 heavy (non-hydrogen) atoms. The highest BCUT2D eigenvalue weighted by Crippen LogP contribution is 2.47. The smallest absolute Gasteiger partial charge is 0.291 e. The van der Waals surface area contributed by atoms with E-state index in [0.29, 0.717) is 11.5 Å². The second-order valence-corrected chi connectivity index (χ2v) is 8.60. The predicted molar refractivity (Wildman–Crippen MR) is 133 cm³/mol. The molecule has 0 saturated carbocycles. The van der Waals surface area contributed by atoms with E-state index < -0.39 is 4.92 Å². The van der Waals surface area contributed by atoms with Crippen LogP contribution in [-0.4, -0.2) is 26.4 Å². The normalized spacial score (nSPS) is 16.1. The van der Waals surface area contributed by atoms with Crippen LogP contribution >= 0.6 is 0 Å². The number of hydrogen-bond acceptors (Lipinski definition) is 6. The standard InChI is InChI=1S/C26H20N6O3/c1-15-7-9-17(10-8-15)23-22-16(2)29-31(18-11-13-19(14-12-18)32(34)35)24(22)28-25-26(33)27-20-5-3-4-6-21(20)30(23)25/h3-14,23H,1-2H3,(H,27,33)/t23-/m1/s1. The Morgan fingerprint density at radius 3 is 2.40 bits per heavy atom. The first kappa shape index (κ1) is 20.8. The third-order valence-corrected chi connectivity index (χ3v) is 6.37. The number of aliphatic imine (C=N–C) groups is 1. The van der Waals surface area contributed by atoms with Crippen LogP contribution in [0.1, 0.15) is 28.4 Å². The van der Waals surface area contributed by atoms with Crippen LogP contribution in [0, 0.1) is 24.0 Å². The number of amides is 1. The van der Waals surface area contributed by atoms with E-state index in [4.69, 9.17) is 10.1 Å². The molecule has 9 nitrogen and oxygen atoms in total. The van der Waals surface area contributed by atoms with Crippen molar-refractivity contribution in [3.05, 3.63) is 105 Å². The van der Waals surface area contributed by atoms with Crippen molar-refractivity contribution in [3.63, 3.8) is 0 Å². The molecule has 0 radical (unpaired) electrons. The van der Waals surface area contributed by atoms with Gasteiger partial charge in [-0.1, -0.05) is 42.0 Å². The van der Waals surface area contributed by atoms with E-state index in [1.165, 1.54) is 12.1 Å². The van der Waals surface area contributed by atoms with Crippen LogP contribution in [0.3, 0.4) is 0 Å². The van der Waals surface area contributed by atoms with E-state index in [0.717, 1.165) is 33.8 Å². The minimum Gasteiger partial charge on any atom is -0.317 e. The lowest BCUT2D eigenvalue weighted by atomic mass is 9.92. The summed E-state index contributed by atoms with van der Waals surface area (Å²) in [5.74, 6) is 0.494. The molecule has 1 aromatic heterocycles. The molecule has 0 unspecified atom stereocenters. The molecule has 2 aliphatic rings. The van der Waals surface area contributed by atoms with Crippen molar-refractivity contribution in [1.29, 1.82) is 0 Å². The quantitative estimate of drug-likeness (QED) is 0.340. The minimum atomic E-state index is -0.442. The number of aromatic nitrogens is 2. The van der Waals surface area contributed by atoms with Crippen LogP contribution in [0.15, 0.2) is 77.8 Å². The van der Waals surface area contributed by atoms with Gasteiger partial charge in [0, 0.05) is 17.7 Å². The molecule has 172 valence electrons. The van der Waals surface area contributed by atoms with Gasteiger partial charge in [-0.2, -0.15) is 5.10 Å². The molecule has 3 aromatic carbocycles. The van der Waals surface area contributed by atoms with Gasteiger partial charge in [0.2, 0.25) is 5.84 Å². The molecule has 1 atom stereocenters.